The van der Waals surface area contributed by atoms with Gasteiger partial charge in [0.25, 0.3) is 0 Å². The number of rotatable bonds is 1. The molecule has 3 atom stereocenters. The Labute approximate surface area is 143 Å². The van der Waals surface area contributed by atoms with E-state index >= 15 is 0 Å². The number of nitrogens with zero attached hydrogens (tertiary/aromatic N) is 1. The van der Waals surface area contributed by atoms with Crippen LogP contribution in [0.4, 0.5) is 5.69 Å². The summed E-state index contributed by atoms with van der Waals surface area (Å²) in [4.78, 5) is 15.7. The number of para-hydroxylation sites is 1. The van der Waals surface area contributed by atoms with Gasteiger partial charge in [-0.15, -0.1) is 11.6 Å². The lowest BCUT2D eigenvalue weighted by Gasteiger charge is -2.59. The van der Waals surface area contributed by atoms with Gasteiger partial charge in [-0.25, -0.2) is 0 Å². The highest BCUT2D eigenvalue weighted by Gasteiger charge is 2.61. The Hall–Kier alpha value is -1.02. The van der Waals surface area contributed by atoms with Crippen molar-refractivity contribution in [3.8, 4) is 0 Å². The molecule has 4 aliphatic carbocycles. The highest BCUT2D eigenvalue weighted by atomic mass is 35.5. The molecule has 4 fully saturated rings. The van der Waals surface area contributed by atoms with Crippen molar-refractivity contribution in [2.75, 3.05) is 4.90 Å². The molecule has 1 heterocycles. The maximum absolute atomic E-state index is 13.7. The van der Waals surface area contributed by atoms with Gasteiger partial charge in [0.15, 0.2) is 0 Å². The summed E-state index contributed by atoms with van der Waals surface area (Å²) < 4.78 is 0. The van der Waals surface area contributed by atoms with Gasteiger partial charge < -0.3 is 4.90 Å². The van der Waals surface area contributed by atoms with Crippen molar-refractivity contribution < 1.29 is 4.79 Å². The van der Waals surface area contributed by atoms with Gasteiger partial charge in [-0.1, -0.05) is 18.2 Å². The average molecular weight is 330 g/mol. The van der Waals surface area contributed by atoms with Crippen LogP contribution < -0.4 is 4.90 Å². The molecule has 6 rings (SSSR count). The van der Waals surface area contributed by atoms with E-state index < -0.39 is 0 Å². The molecule has 3 heteroatoms. The molecule has 0 unspecified atom stereocenters. The molecule has 2 nitrogen and oxygen atoms in total. The standard InChI is InChI=1S/C20H24ClNO/c1-13-6-16-4-2-3-5-17(16)22(13)18(23)19-8-14-7-15(9-19)11-20(21,10-14)12-19/h2-5,13-15H,6-12H2,1H3/t13-,14-,15-,19?,20?/m1/s1. The number of hydrogen-bond donors (Lipinski definition) is 0. The minimum Gasteiger partial charge on any atom is -0.309 e. The summed E-state index contributed by atoms with van der Waals surface area (Å²) in [5, 5.41) is 0. The second-order valence-corrected chi connectivity index (χ2v) is 9.55. The number of anilines is 1. The van der Waals surface area contributed by atoms with Crippen molar-refractivity contribution in [1.82, 2.24) is 0 Å². The van der Waals surface area contributed by atoms with E-state index in [1.165, 1.54) is 12.0 Å². The van der Waals surface area contributed by atoms with Crippen molar-refractivity contribution in [3.05, 3.63) is 29.8 Å². The van der Waals surface area contributed by atoms with Crippen LogP contribution in [0, 0.1) is 17.3 Å². The third-order valence-electron chi connectivity index (χ3n) is 6.87. The highest BCUT2D eigenvalue weighted by Crippen LogP contribution is 2.64. The van der Waals surface area contributed by atoms with E-state index in [9.17, 15) is 4.79 Å². The monoisotopic (exact) mass is 329 g/mol. The molecule has 5 aliphatic rings. The molecule has 1 aliphatic heterocycles. The zero-order valence-electron chi connectivity index (χ0n) is 13.7. The van der Waals surface area contributed by atoms with Gasteiger partial charge in [0, 0.05) is 16.6 Å². The smallest absolute Gasteiger partial charge is 0.233 e. The van der Waals surface area contributed by atoms with E-state index in [0.717, 1.165) is 44.2 Å². The molecule has 0 aromatic heterocycles. The molecular formula is C20H24ClNO. The molecule has 0 saturated heterocycles. The van der Waals surface area contributed by atoms with Crippen LogP contribution in [0.3, 0.4) is 0 Å². The number of carbonyl (C=O) groups is 1. The Morgan fingerprint density at radius 2 is 1.87 bits per heavy atom. The number of alkyl halides is 1. The summed E-state index contributed by atoms with van der Waals surface area (Å²) in [6.07, 6.45) is 7.59. The molecule has 4 saturated carbocycles. The Morgan fingerprint density at radius 1 is 1.17 bits per heavy atom. The van der Waals surface area contributed by atoms with E-state index in [0.29, 0.717) is 17.7 Å². The topological polar surface area (TPSA) is 20.3 Å². The lowest BCUT2D eigenvalue weighted by molar-refractivity contribution is -0.142. The number of amides is 1. The third kappa shape index (κ3) is 1.97. The maximum Gasteiger partial charge on any atom is 0.233 e. The summed E-state index contributed by atoms with van der Waals surface area (Å²) in [7, 11) is 0. The Bertz CT molecular complexity index is 670. The van der Waals surface area contributed by atoms with Gasteiger partial charge in [-0.3, -0.25) is 4.79 Å². The highest BCUT2D eigenvalue weighted by molar-refractivity contribution is 6.24. The third-order valence-corrected chi connectivity index (χ3v) is 7.31. The summed E-state index contributed by atoms with van der Waals surface area (Å²) >= 11 is 6.94. The summed E-state index contributed by atoms with van der Waals surface area (Å²) in [6.45, 7) is 2.19. The largest absolute Gasteiger partial charge is 0.309 e. The van der Waals surface area contributed by atoms with Crippen LogP contribution in [0.25, 0.3) is 0 Å². The Kier molecular flexibility index (Phi) is 2.83. The molecule has 1 amide bonds. The van der Waals surface area contributed by atoms with Crippen LogP contribution in [-0.4, -0.2) is 16.8 Å². The van der Waals surface area contributed by atoms with Crippen molar-refractivity contribution in [3.63, 3.8) is 0 Å². The zero-order valence-corrected chi connectivity index (χ0v) is 14.5. The second-order valence-electron chi connectivity index (χ2n) is 8.75. The first-order valence-corrected chi connectivity index (χ1v) is 9.46. The van der Waals surface area contributed by atoms with E-state index in [-0.39, 0.29) is 16.3 Å². The van der Waals surface area contributed by atoms with Crippen LogP contribution in [0.2, 0.25) is 0 Å². The van der Waals surface area contributed by atoms with Gasteiger partial charge in [0.1, 0.15) is 0 Å². The minimum absolute atomic E-state index is 0.0950. The summed E-state index contributed by atoms with van der Waals surface area (Å²) in [5.74, 6) is 1.71. The van der Waals surface area contributed by atoms with Gasteiger partial charge in [0.05, 0.1) is 5.41 Å². The molecule has 0 N–H and O–H groups in total. The number of hydrogen-bond acceptors (Lipinski definition) is 1. The van der Waals surface area contributed by atoms with Gasteiger partial charge in [0.2, 0.25) is 5.91 Å². The lowest BCUT2D eigenvalue weighted by atomic mass is 9.49. The maximum atomic E-state index is 13.7. The normalized spacial score (nSPS) is 43.7. The molecular weight excluding hydrogens is 306 g/mol. The molecule has 23 heavy (non-hydrogen) atoms. The fourth-order valence-electron chi connectivity index (χ4n) is 6.53. The Balaban J connectivity index is 1.54. The van der Waals surface area contributed by atoms with Crippen molar-refractivity contribution >= 4 is 23.2 Å². The first-order valence-electron chi connectivity index (χ1n) is 9.09. The fourth-order valence-corrected chi connectivity index (χ4v) is 7.22. The van der Waals surface area contributed by atoms with Crippen molar-refractivity contribution in [1.29, 1.82) is 0 Å². The van der Waals surface area contributed by atoms with E-state index in [1.54, 1.807) is 0 Å². The lowest BCUT2D eigenvalue weighted by Crippen LogP contribution is -2.59. The van der Waals surface area contributed by atoms with Gasteiger partial charge in [-0.05, 0) is 75.3 Å². The quantitative estimate of drug-likeness (QED) is 0.692. The first kappa shape index (κ1) is 14.3. The average Bonchev–Trinajstić information content (AvgIpc) is 2.79. The van der Waals surface area contributed by atoms with E-state index in [2.05, 4.69) is 36.1 Å². The zero-order chi connectivity index (χ0) is 15.8. The molecule has 0 radical (unpaired) electrons. The Morgan fingerprint density at radius 3 is 2.57 bits per heavy atom. The van der Waals surface area contributed by atoms with Crippen LogP contribution in [0.5, 0.6) is 0 Å². The predicted molar refractivity (Wildman–Crippen MR) is 92.8 cm³/mol. The summed E-state index contributed by atoms with van der Waals surface area (Å²) in [5.41, 5.74) is 2.28. The number of benzene rings is 1. The fraction of sp³-hybridized carbons (Fsp3) is 0.650. The molecule has 1 aromatic carbocycles. The van der Waals surface area contributed by atoms with Crippen LogP contribution in [0.15, 0.2) is 24.3 Å². The van der Waals surface area contributed by atoms with E-state index in [4.69, 9.17) is 11.6 Å². The SMILES string of the molecule is C[C@@H]1Cc2ccccc2N1C(=O)C12C[C@H]3C[C@@H](CC(Cl)(C3)C1)C2. The predicted octanol–water partition coefficient (Wildman–Crippen LogP) is 4.54. The number of fused-ring (bicyclic) bond motifs is 1. The molecule has 122 valence electrons. The van der Waals surface area contributed by atoms with Crippen LogP contribution in [0.1, 0.15) is 51.0 Å². The number of halogens is 1. The number of carbonyl (C=O) groups excluding carboxylic acids is 1. The molecule has 1 aromatic rings. The van der Waals surface area contributed by atoms with Crippen molar-refractivity contribution in [2.24, 2.45) is 17.3 Å². The van der Waals surface area contributed by atoms with Crippen molar-refractivity contribution in [2.45, 2.75) is 62.8 Å². The van der Waals surface area contributed by atoms with Gasteiger partial charge in [-0.2, -0.15) is 0 Å². The second kappa shape index (κ2) is 4.53. The molecule has 0 spiro atoms. The summed E-state index contributed by atoms with van der Waals surface area (Å²) in [6, 6.07) is 8.70. The van der Waals surface area contributed by atoms with Crippen LogP contribution in [-0.2, 0) is 11.2 Å². The first-order chi connectivity index (χ1) is 11.0. The van der Waals surface area contributed by atoms with Crippen LogP contribution >= 0.6 is 11.6 Å². The molecule has 4 bridgehead atoms. The minimum atomic E-state index is -0.183. The van der Waals surface area contributed by atoms with E-state index in [1.807, 2.05) is 0 Å². The van der Waals surface area contributed by atoms with Gasteiger partial charge >= 0.3 is 0 Å².